The van der Waals surface area contributed by atoms with Crippen LogP contribution < -0.4 is 15.5 Å². The molecule has 0 bridgehead atoms. The molecule has 0 aromatic heterocycles. The van der Waals surface area contributed by atoms with E-state index in [9.17, 15) is 14.4 Å². The Bertz CT molecular complexity index is 1020. The summed E-state index contributed by atoms with van der Waals surface area (Å²) in [5, 5.41) is 5.35. The third-order valence-electron chi connectivity index (χ3n) is 5.60. The molecule has 2 N–H and O–H groups in total. The molecule has 1 heterocycles. The smallest absolute Gasteiger partial charge is 0.243 e. The van der Waals surface area contributed by atoms with Crippen molar-refractivity contribution < 1.29 is 14.4 Å². The van der Waals surface area contributed by atoms with E-state index in [2.05, 4.69) is 30.4 Å². The number of hydrogen-bond donors (Lipinski definition) is 2. The fraction of sp³-hybridized carbons (Fsp3) is 0.320. The Balaban J connectivity index is 1.58. The first kappa shape index (κ1) is 22.1. The maximum absolute atomic E-state index is 12.6. The van der Waals surface area contributed by atoms with Crippen molar-refractivity contribution in [2.24, 2.45) is 5.92 Å². The molecule has 6 nitrogen and oxygen atoms in total. The normalized spacial score (nSPS) is 16.5. The molecule has 3 amide bonds. The first-order chi connectivity index (χ1) is 14.9. The summed E-state index contributed by atoms with van der Waals surface area (Å²) in [5.41, 5.74) is 3.19. The van der Waals surface area contributed by atoms with Crippen molar-refractivity contribution in [3.8, 4) is 12.3 Å². The molecule has 2 aromatic carbocycles. The molecule has 0 saturated carbocycles. The van der Waals surface area contributed by atoms with Crippen molar-refractivity contribution in [1.29, 1.82) is 0 Å². The lowest BCUT2D eigenvalue weighted by Crippen LogP contribution is -2.38. The van der Waals surface area contributed by atoms with E-state index in [4.69, 9.17) is 6.42 Å². The largest absolute Gasteiger partial charge is 0.347 e. The van der Waals surface area contributed by atoms with Gasteiger partial charge in [0, 0.05) is 29.9 Å². The summed E-state index contributed by atoms with van der Waals surface area (Å²) in [5.74, 6) is 1.59. The highest BCUT2D eigenvalue weighted by Gasteiger charge is 2.36. The van der Waals surface area contributed by atoms with E-state index in [0.29, 0.717) is 23.7 Å². The predicted octanol–water partition coefficient (Wildman–Crippen LogP) is 3.29. The molecule has 0 aliphatic carbocycles. The lowest BCUT2D eigenvalue weighted by atomic mass is 9.96. The number of nitrogens with zero attached hydrogens (tertiary/aromatic N) is 1. The molecular weight excluding hydrogens is 390 g/mol. The van der Waals surface area contributed by atoms with Crippen molar-refractivity contribution in [2.75, 3.05) is 23.3 Å². The Kier molecular flexibility index (Phi) is 7.09. The maximum Gasteiger partial charge on any atom is 0.243 e. The molecule has 0 spiro atoms. The van der Waals surface area contributed by atoms with Crippen molar-refractivity contribution in [3.63, 3.8) is 0 Å². The van der Waals surface area contributed by atoms with Gasteiger partial charge in [-0.3, -0.25) is 14.4 Å². The fourth-order valence-electron chi connectivity index (χ4n) is 3.69. The highest BCUT2D eigenvalue weighted by Crippen LogP contribution is 2.33. The van der Waals surface area contributed by atoms with E-state index in [0.717, 1.165) is 17.7 Å². The average Bonchev–Trinajstić information content (AvgIpc) is 3.18. The summed E-state index contributed by atoms with van der Waals surface area (Å²) in [6.45, 7) is 4.37. The van der Waals surface area contributed by atoms with Crippen LogP contribution in [0, 0.1) is 18.3 Å². The van der Waals surface area contributed by atoms with Crippen LogP contribution in [0.2, 0.25) is 0 Å². The van der Waals surface area contributed by atoms with E-state index >= 15 is 0 Å². The van der Waals surface area contributed by atoms with Crippen LogP contribution >= 0.6 is 0 Å². The molecule has 1 fully saturated rings. The Hall–Kier alpha value is -3.59. The van der Waals surface area contributed by atoms with Gasteiger partial charge in [0.05, 0.1) is 12.5 Å². The number of benzene rings is 2. The Labute approximate surface area is 183 Å². The van der Waals surface area contributed by atoms with Crippen LogP contribution in [0.3, 0.4) is 0 Å². The summed E-state index contributed by atoms with van der Waals surface area (Å²) < 4.78 is 0. The Morgan fingerprint density at radius 3 is 2.74 bits per heavy atom. The Morgan fingerprint density at radius 2 is 2.00 bits per heavy atom. The maximum atomic E-state index is 12.6. The second-order valence-corrected chi connectivity index (χ2v) is 7.76. The van der Waals surface area contributed by atoms with E-state index < -0.39 is 5.92 Å². The van der Waals surface area contributed by atoms with E-state index in [1.165, 1.54) is 0 Å². The first-order valence-electron chi connectivity index (χ1n) is 10.5. The minimum absolute atomic E-state index is 0.0774. The Morgan fingerprint density at radius 1 is 1.23 bits per heavy atom. The van der Waals surface area contributed by atoms with Crippen LogP contribution in [0.4, 0.5) is 11.4 Å². The standard InChI is InChI=1S/C25H27N3O3/c1-4-17(3)21-11-6-7-12-22(21)28-16-19(14-24(28)30)25(31)26-15-23(29)27-20-10-8-9-18(5-2)13-20/h2,6-13,17,19H,4,14-16H2,1,3H3,(H,26,31)(H,27,29). The molecule has 3 rings (SSSR count). The number of terminal acetylenes is 1. The van der Waals surface area contributed by atoms with E-state index in [-0.39, 0.29) is 30.7 Å². The van der Waals surface area contributed by atoms with Crippen LogP contribution in [0.15, 0.2) is 48.5 Å². The number of amides is 3. The number of para-hydroxylation sites is 1. The van der Waals surface area contributed by atoms with Gasteiger partial charge in [-0.25, -0.2) is 0 Å². The second kappa shape index (κ2) is 9.94. The molecule has 1 aliphatic rings. The lowest BCUT2D eigenvalue weighted by molar-refractivity contribution is -0.127. The molecule has 160 valence electrons. The monoisotopic (exact) mass is 417 g/mol. The van der Waals surface area contributed by atoms with Crippen molar-refractivity contribution >= 4 is 29.1 Å². The number of rotatable bonds is 7. The number of nitrogens with one attached hydrogen (secondary N) is 2. The zero-order chi connectivity index (χ0) is 22.4. The molecule has 2 aromatic rings. The minimum atomic E-state index is -0.491. The van der Waals surface area contributed by atoms with Gasteiger partial charge in [-0.1, -0.05) is 44.0 Å². The number of anilines is 2. The average molecular weight is 418 g/mol. The predicted molar refractivity (Wildman–Crippen MR) is 122 cm³/mol. The molecular formula is C25H27N3O3. The lowest BCUT2D eigenvalue weighted by Gasteiger charge is -2.23. The molecule has 2 atom stereocenters. The van der Waals surface area contributed by atoms with Crippen molar-refractivity contribution in [3.05, 3.63) is 59.7 Å². The van der Waals surface area contributed by atoms with Crippen LogP contribution in [0.1, 0.15) is 43.7 Å². The van der Waals surface area contributed by atoms with Gasteiger partial charge in [0.2, 0.25) is 17.7 Å². The van der Waals surface area contributed by atoms with E-state index in [1.807, 2.05) is 24.3 Å². The van der Waals surface area contributed by atoms with Gasteiger partial charge in [0.15, 0.2) is 0 Å². The highest BCUT2D eigenvalue weighted by atomic mass is 16.2. The SMILES string of the molecule is C#Cc1cccc(NC(=O)CNC(=O)C2CC(=O)N(c3ccccc3C(C)CC)C2)c1. The topological polar surface area (TPSA) is 78.5 Å². The van der Waals surface area contributed by atoms with Crippen LogP contribution in [-0.4, -0.2) is 30.8 Å². The highest BCUT2D eigenvalue weighted by molar-refractivity contribution is 6.02. The summed E-state index contributed by atoms with van der Waals surface area (Å²) in [6.07, 6.45) is 6.46. The summed E-state index contributed by atoms with van der Waals surface area (Å²) in [4.78, 5) is 39.1. The van der Waals surface area contributed by atoms with E-state index in [1.54, 1.807) is 29.2 Å². The van der Waals surface area contributed by atoms with Crippen LogP contribution in [0.25, 0.3) is 0 Å². The van der Waals surface area contributed by atoms with Crippen LogP contribution in [-0.2, 0) is 14.4 Å². The molecule has 2 unspecified atom stereocenters. The number of hydrogen-bond acceptors (Lipinski definition) is 3. The van der Waals surface area contributed by atoms with Crippen LogP contribution in [0.5, 0.6) is 0 Å². The van der Waals surface area contributed by atoms with Gasteiger partial charge in [0.1, 0.15) is 0 Å². The number of carbonyl (C=O) groups excluding carboxylic acids is 3. The number of carbonyl (C=O) groups is 3. The van der Waals surface area contributed by atoms with Crippen molar-refractivity contribution in [1.82, 2.24) is 5.32 Å². The molecule has 1 aliphatic heterocycles. The first-order valence-corrected chi connectivity index (χ1v) is 10.5. The zero-order valence-electron chi connectivity index (χ0n) is 17.9. The second-order valence-electron chi connectivity index (χ2n) is 7.76. The van der Waals surface area contributed by atoms with Gasteiger partial charge < -0.3 is 15.5 Å². The summed E-state index contributed by atoms with van der Waals surface area (Å²) in [7, 11) is 0. The zero-order valence-corrected chi connectivity index (χ0v) is 17.9. The molecule has 1 saturated heterocycles. The molecule has 0 radical (unpaired) electrons. The van der Waals surface area contributed by atoms with Gasteiger partial charge in [-0.15, -0.1) is 6.42 Å². The minimum Gasteiger partial charge on any atom is -0.347 e. The third-order valence-corrected chi connectivity index (χ3v) is 5.60. The van der Waals surface area contributed by atoms with Gasteiger partial charge in [-0.05, 0) is 42.2 Å². The fourth-order valence-corrected chi connectivity index (χ4v) is 3.69. The summed E-state index contributed by atoms with van der Waals surface area (Å²) in [6, 6.07) is 14.8. The summed E-state index contributed by atoms with van der Waals surface area (Å²) >= 11 is 0. The molecule has 31 heavy (non-hydrogen) atoms. The van der Waals surface area contributed by atoms with Gasteiger partial charge in [-0.2, -0.15) is 0 Å². The third kappa shape index (κ3) is 5.32. The van der Waals surface area contributed by atoms with Crippen molar-refractivity contribution in [2.45, 2.75) is 32.6 Å². The molecule has 6 heteroatoms. The van der Waals surface area contributed by atoms with Gasteiger partial charge in [0.25, 0.3) is 0 Å². The quantitative estimate of drug-likeness (QED) is 0.679. The van der Waals surface area contributed by atoms with Gasteiger partial charge >= 0.3 is 0 Å².